The number of rotatable bonds is 3. The van der Waals surface area contributed by atoms with Crippen molar-refractivity contribution in [3.63, 3.8) is 0 Å². The van der Waals surface area contributed by atoms with Crippen molar-refractivity contribution in [3.05, 3.63) is 115 Å². The molecule has 152 valence electrons. The van der Waals surface area contributed by atoms with E-state index in [4.69, 9.17) is 17.8 Å². The van der Waals surface area contributed by atoms with Crippen molar-refractivity contribution in [3.8, 4) is 33.9 Å². The first-order valence-electron chi connectivity index (χ1n) is 11.0. The Balaban J connectivity index is 1.56. The van der Waals surface area contributed by atoms with Gasteiger partial charge >= 0.3 is 0 Å². The van der Waals surface area contributed by atoms with Crippen molar-refractivity contribution in [1.29, 1.82) is 0 Å². The summed E-state index contributed by atoms with van der Waals surface area (Å²) in [5.74, 6) is 0.707. The predicted octanol–water partition coefficient (Wildman–Crippen LogP) is 6.58. The minimum atomic E-state index is 0.707. The monoisotopic (exact) mass is 418 g/mol. The van der Waals surface area contributed by atoms with E-state index in [1.165, 1.54) is 21.5 Å². The summed E-state index contributed by atoms with van der Waals surface area (Å²) in [6.07, 6.45) is 0. The van der Waals surface area contributed by atoms with Crippen LogP contribution in [0.25, 0.3) is 55.4 Å². The van der Waals surface area contributed by atoms with Crippen LogP contribution in [-0.4, -0.2) is 17.8 Å². The summed E-state index contributed by atoms with van der Waals surface area (Å²) in [5.41, 5.74) is 5.57. The van der Waals surface area contributed by atoms with Gasteiger partial charge < -0.3 is 0 Å². The van der Waals surface area contributed by atoms with Gasteiger partial charge in [-0.25, -0.2) is 9.97 Å². The molecule has 0 aliphatic carbocycles. The quantitative estimate of drug-likeness (QED) is 0.304. The lowest BCUT2D eigenvalue weighted by molar-refractivity contribution is 1.19. The second-order valence-electron chi connectivity index (χ2n) is 8.21. The molecular weight excluding hydrogens is 399 g/mol. The first kappa shape index (κ1) is 19.5. The fourth-order valence-corrected chi connectivity index (χ4v) is 4.20. The van der Waals surface area contributed by atoms with Crippen LogP contribution in [0.15, 0.2) is 115 Å². The van der Waals surface area contributed by atoms with Crippen LogP contribution in [0.4, 0.5) is 0 Å². The van der Waals surface area contributed by atoms with Crippen LogP contribution in [0, 0.1) is 0 Å². The van der Waals surface area contributed by atoms with E-state index in [0.29, 0.717) is 5.82 Å². The van der Waals surface area contributed by atoms with Crippen molar-refractivity contribution in [2.45, 2.75) is 0 Å². The Labute approximate surface area is 194 Å². The van der Waals surface area contributed by atoms with Gasteiger partial charge in [-0.3, -0.25) is 0 Å². The molecule has 6 rings (SSSR count). The molecule has 3 heteroatoms. The Kier molecular flexibility index (Phi) is 4.73. The minimum Gasteiger partial charge on any atom is -0.228 e. The molecule has 1 aromatic heterocycles. The lowest BCUT2D eigenvalue weighted by Gasteiger charge is -2.11. The molecule has 0 saturated carbocycles. The fourth-order valence-electron chi connectivity index (χ4n) is 4.20. The minimum absolute atomic E-state index is 0.707. The fraction of sp³-hybridized carbons (Fsp3) is 0. The van der Waals surface area contributed by atoms with Gasteiger partial charge in [0.15, 0.2) is 5.82 Å². The van der Waals surface area contributed by atoms with Crippen LogP contribution >= 0.6 is 0 Å². The summed E-state index contributed by atoms with van der Waals surface area (Å²) in [6, 6.07) is 39.4. The van der Waals surface area contributed by atoms with Crippen molar-refractivity contribution in [2.75, 3.05) is 0 Å². The Morgan fingerprint density at radius 2 is 0.909 bits per heavy atom. The predicted molar refractivity (Wildman–Crippen MR) is 139 cm³/mol. The summed E-state index contributed by atoms with van der Waals surface area (Å²) >= 11 is 0. The molecule has 2 nitrogen and oxygen atoms in total. The number of benzene rings is 5. The highest BCUT2D eigenvalue weighted by Crippen LogP contribution is 2.30. The molecule has 0 saturated heterocycles. The number of hydrogen-bond donors (Lipinski definition) is 0. The van der Waals surface area contributed by atoms with Crippen molar-refractivity contribution in [1.82, 2.24) is 9.97 Å². The van der Waals surface area contributed by atoms with E-state index >= 15 is 0 Å². The third kappa shape index (κ3) is 3.79. The zero-order valence-corrected chi connectivity index (χ0v) is 17.9. The van der Waals surface area contributed by atoms with Crippen molar-refractivity contribution in [2.24, 2.45) is 0 Å². The molecule has 33 heavy (non-hydrogen) atoms. The van der Waals surface area contributed by atoms with Crippen molar-refractivity contribution >= 4 is 34.9 Å². The highest BCUT2D eigenvalue weighted by molar-refractivity contribution is 6.32. The van der Waals surface area contributed by atoms with E-state index in [0.717, 1.165) is 33.5 Å². The Morgan fingerprint density at radius 3 is 1.55 bits per heavy atom. The molecule has 0 atom stereocenters. The van der Waals surface area contributed by atoms with E-state index in [2.05, 4.69) is 91.0 Å². The lowest BCUT2D eigenvalue weighted by atomic mass is 9.94. The molecule has 0 bridgehead atoms. The summed E-state index contributed by atoms with van der Waals surface area (Å²) in [6.45, 7) is 0. The van der Waals surface area contributed by atoms with Gasteiger partial charge in [0.25, 0.3) is 0 Å². The van der Waals surface area contributed by atoms with Gasteiger partial charge in [-0.2, -0.15) is 0 Å². The average Bonchev–Trinajstić information content (AvgIpc) is 2.88. The zero-order valence-electron chi connectivity index (χ0n) is 17.9. The largest absolute Gasteiger partial charge is 0.228 e. The number of nitrogens with zero attached hydrogens (tertiary/aromatic N) is 2. The SMILES string of the molecule is [B]c1ccc(-c2cc(-c3ccc4ccccc4c3)nc(-c3ccc4ccccc4c3)n2)cc1. The average molecular weight is 418 g/mol. The normalized spacial score (nSPS) is 11.2. The molecule has 0 amide bonds. The molecule has 1 heterocycles. The number of aromatic nitrogens is 2. The van der Waals surface area contributed by atoms with Gasteiger partial charge in [-0.05, 0) is 39.7 Å². The van der Waals surface area contributed by atoms with Gasteiger partial charge in [-0.1, -0.05) is 103 Å². The van der Waals surface area contributed by atoms with Crippen molar-refractivity contribution < 1.29 is 0 Å². The molecule has 0 fully saturated rings. The third-order valence-corrected chi connectivity index (χ3v) is 5.99. The van der Waals surface area contributed by atoms with Gasteiger partial charge in [0.1, 0.15) is 7.85 Å². The van der Waals surface area contributed by atoms with E-state index in [1.54, 1.807) is 0 Å². The third-order valence-electron chi connectivity index (χ3n) is 5.99. The maximum absolute atomic E-state index is 5.92. The molecular formula is C30H19BN2. The van der Waals surface area contributed by atoms with Crippen LogP contribution in [0.3, 0.4) is 0 Å². The smallest absolute Gasteiger partial charge is 0.160 e. The Morgan fingerprint density at radius 1 is 0.424 bits per heavy atom. The number of hydrogen-bond acceptors (Lipinski definition) is 2. The van der Waals surface area contributed by atoms with Crippen LogP contribution in [0.1, 0.15) is 0 Å². The standard InChI is InChI=1S/C30H19BN2/c31-27-15-13-22(14-16-27)28-19-29(25-11-9-20-5-1-3-7-23(20)17-25)33-30(32-28)26-12-10-21-6-2-4-8-24(21)18-26/h1-19H. The Bertz CT molecular complexity index is 1520. The first-order chi connectivity index (χ1) is 16.2. The zero-order chi connectivity index (χ0) is 22.2. The molecule has 0 N–H and O–H groups in total. The molecule has 0 spiro atoms. The van der Waals surface area contributed by atoms with Gasteiger partial charge in [0.05, 0.1) is 11.4 Å². The van der Waals surface area contributed by atoms with Crippen LogP contribution < -0.4 is 5.46 Å². The van der Waals surface area contributed by atoms with Gasteiger partial charge in [0, 0.05) is 16.7 Å². The molecule has 6 aromatic rings. The first-order valence-corrected chi connectivity index (χ1v) is 11.0. The molecule has 0 aliphatic heterocycles. The topological polar surface area (TPSA) is 25.8 Å². The second kappa shape index (κ2) is 8.03. The maximum atomic E-state index is 5.92. The van der Waals surface area contributed by atoms with Gasteiger partial charge in [0.2, 0.25) is 0 Å². The highest BCUT2D eigenvalue weighted by atomic mass is 14.9. The van der Waals surface area contributed by atoms with E-state index in [9.17, 15) is 0 Å². The van der Waals surface area contributed by atoms with E-state index in [1.807, 2.05) is 24.3 Å². The van der Waals surface area contributed by atoms with Crippen LogP contribution in [0.5, 0.6) is 0 Å². The van der Waals surface area contributed by atoms with E-state index < -0.39 is 0 Å². The second-order valence-corrected chi connectivity index (χ2v) is 8.21. The van der Waals surface area contributed by atoms with E-state index in [-0.39, 0.29) is 0 Å². The Hall–Kier alpha value is -4.24. The molecule has 2 radical (unpaired) electrons. The number of fused-ring (bicyclic) bond motifs is 2. The van der Waals surface area contributed by atoms with Crippen LogP contribution in [-0.2, 0) is 0 Å². The lowest BCUT2D eigenvalue weighted by Crippen LogP contribution is -2.00. The molecule has 0 unspecified atom stereocenters. The summed E-state index contributed by atoms with van der Waals surface area (Å²) in [4.78, 5) is 9.94. The molecule has 5 aromatic carbocycles. The summed E-state index contributed by atoms with van der Waals surface area (Å²) in [5, 5.41) is 4.77. The summed E-state index contributed by atoms with van der Waals surface area (Å²) in [7, 11) is 5.92. The molecule has 0 aliphatic rings. The maximum Gasteiger partial charge on any atom is 0.160 e. The van der Waals surface area contributed by atoms with Crippen LogP contribution in [0.2, 0.25) is 0 Å². The van der Waals surface area contributed by atoms with Gasteiger partial charge in [-0.15, -0.1) is 0 Å². The summed E-state index contributed by atoms with van der Waals surface area (Å²) < 4.78 is 0. The highest BCUT2D eigenvalue weighted by Gasteiger charge is 2.11.